The van der Waals surface area contributed by atoms with Crippen LogP contribution in [0, 0.1) is 0 Å². The van der Waals surface area contributed by atoms with Gasteiger partial charge in [0.15, 0.2) is 0 Å². The SMILES string of the molecule is COC(=O)c1ccc(N2CCN(C)CC2)c(S(=O)(=O)Nc2ccc(Cl)cc2)c1. The standard InChI is InChI=1S/C19H22ClN3O4S/c1-22-9-11-23(12-10-22)17-8-3-14(19(24)27-2)13-18(17)28(25,26)21-16-6-4-15(20)5-7-16/h3-8,13,21H,9-12H2,1-2H3. The summed E-state index contributed by atoms with van der Waals surface area (Å²) in [7, 11) is -0.654. The molecule has 1 heterocycles. The number of hydrogen-bond donors (Lipinski definition) is 1. The van der Waals surface area contributed by atoms with Gasteiger partial charge in [-0.2, -0.15) is 0 Å². The van der Waals surface area contributed by atoms with E-state index in [1.54, 1.807) is 36.4 Å². The fraction of sp³-hybridized carbons (Fsp3) is 0.316. The van der Waals surface area contributed by atoms with Crippen molar-refractivity contribution in [1.82, 2.24) is 4.90 Å². The van der Waals surface area contributed by atoms with Crippen molar-refractivity contribution in [2.24, 2.45) is 0 Å². The van der Waals surface area contributed by atoms with E-state index in [9.17, 15) is 13.2 Å². The molecular formula is C19H22ClN3O4S. The van der Waals surface area contributed by atoms with Crippen molar-refractivity contribution >= 4 is 39.0 Å². The Bertz CT molecular complexity index is 956. The molecule has 1 N–H and O–H groups in total. The first-order chi connectivity index (χ1) is 13.3. The number of sulfonamides is 1. The zero-order chi connectivity index (χ0) is 20.3. The summed E-state index contributed by atoms with van der Waals surface area (Å²) >= 11 is 5.87. The van der Waals surface area contributed by atoms with Gasteiger partial charge in [-0.25, -0.2) is 13.2 Å². The lowest BCUT2D eigenvalue weighted by Gasteiger charge is -2.35. The first kappa shape index (κ1) is 20.4. The summed E-state index contributed by atoms with van der Waals surface area (Å²) in [5.74, 6) is -0.590. The molecule has 0 amide bonds. The number of benzene rings is 2. The van der Waals surface area contributed by atoms with Crippen LogP contribution in [0.5, 0.6) is 0 Å². The number of hydrogen-bond acceptors (Lipinski definition) is 6. The van der Waals surface area contributed by atoms with Gasteiger partial charge in [-0.3, -0.25) is 4.72 Å². The Morgan fingerprint density at radius 3 is 2.32 bits per heavy atom. The molecule has 9 heteroatoms. The Labute approximate surface area is 169 Å². The Kier molecular flexibility index (Phi) is 6.12. The van der Waals surface area contributed by atoms with Gasteiger partial charge in [0, 0.05) is 36.9 Å². The Balaban J connectivity index is 2.01. The van der Waals surface area contributed by atoms with Gasteiger partial charge in [0.1, 0.15) is 4.90 Å². The number of nitrogens with zero attached hydrogens (tertiary/aromatic N) is 2. The van der Waals surface area contributed by atoms with Crippen LogP contribution in [0.2, 0.25) is 5.02 Å². The molecule has 28 heavy (non-hydrogen) atoms. The monoisotopic (exact) mass is 423 g/mol. The number of esters is 1. The van der Waals surface area contributed by atoms with Gasteiger partial charge in [-0.1, -0.05) is 11.6 Å². The lowest BCUT2D eigenvalue weighted by atomic mass is 10.2. The van der Waals surface area contributed by atoms with Gasteiger partial charge >= 0.3 is 5.97 Å². The normalized spacial score (nSPS) is 15.3. The second-order valence-corrected chi connectivity index (χ2v) is 8.66. The number of anilines is 2. The molecule has 0 unspecified atom stereocenters. The molecule has 2 aromatic rings. The lowest BCUT2D eigenvalue weighted by molar-refractivity contribution is 0.0600. The third-order valence-electron chi connectivity index (χ3n) is 4.61. The molecule has 0 bridgehead atoms. The van der Waals surface area contributed by atoms with E-state index in [0.29, 0.717) is 29.5 Å². The number of halogens is 1. The number of ether oxygens (including phenoxy) is 1. The van der Waals surface area contributed by atoms with E-state index in [1.807, 2.05) is 11.9 Å². The summed E-state index contributed by atoms with van der Waals surface area (Å²) in [6.07, 6.45) is 0. The molecule has 2 aromatic carbocycles. The van der Waals surface area contributed by atoms with E-state index in [0.717, 1.165) is 13.1 Å². The van der Waals surface area contributed by atoms with Crippen LogP contribution in [-0.2, 0) is 14.8 Å². The maximum atomic E-state index is 13.1. The summed E-state index contributed by atoms with van der Waals surface area (Å²) in [6.45, 7) is 3.03. The highest BCUT2D eigenvalue weighted by Crippen LogP contribution is 2.29. The molecule has 0 aromatic heterocycles. The van der Waals surface area contributed by atoms with E-state index < -0.39 is 16.0 Å². The van der Waals surface area contributed by atoms with Crippen LogP contribution in [0.3, 0.4) is 0 Å². The molecule has 1 aliphatic heterocycles. The second kappa shape index (κ2) is 8.38. The van der Waals surface area contributed by atoms with E-state index in [2.05, 4.69) is 9.62 Å². The second-order valence-electron chi connectivity index (χ2n) is 6.58. The summed E-state index contributed by atoms with van der Waals surface area (Å²) < 4.78 is 33.6. The molecule has 3 rings (SSSR count). The molecule has 1 saturated heterocycles. The molecule has 0 radical (unpaired) electrons. The smallest absolute Gasteiger partial charge is 0.337 e. The first-order valence-electron chi connectivity index (χ1n) is 8.74. The van der Waals surface area contributed by atoms with Crippen LogP contribution in [0.25, 0.3) is 0 Å². The van der Waals surface area contributed by atoms with Crippen LogP contribution in [-0.4, -0.2) is 59.6 Å². The average molecular weight is 424 g/mol. The molecule has 1 aliphatic rings. The van der Waals surface area contributed by atoms with Crippen molar-refractivity contribution in [3.8, 4) is 0 Å². The Morgan fingerprint density at radius 2 is 1.71 bits per heavy atom. The minimum Gasteiger partial charge on any atom is -0.465 e. The Hall–Kier alpha value is -2.29. The van der Waals surface area contributed by atoms with Crippen LogP contribution in [0.4, 0.5) is 11.4 Å². The molecule has 0 atom stereocenters. The van der Waals surface area contributed by atoms with Crippen molar-refractivity contribution in [1.29, 1.82) is 0 Å². The predicted octanol–water partition coefficient (Wildman–Crippen LogP) is 2.68. The largest absolute Gasteiger partial charge is 0.465 e. The fourth-order valence-corrected chi connectivity index (χ4v) is 4.45. The van der Waals surface area contributed by atoms with Crippen molar-refractivity contribution in [3.05, 3.63) is 53.1 Å². The van der Waals surface area contributed by atoms with Crippen LogP contribution in [0.1, 0.15) is 10.4 Å². The van der Waals surface area contributed by atoms with E-state index in [-0.39, 0.29) is 10.5 Å². The summed E-state index contributed by atoms with van der Waals surface area (Å²) in [4.78, 5) is 16.2. The maximum absolute atomic E-state index is 13.1. The van der Waals surface area contributed by atoms with E-state index in [4.69, 9.17) is 16.3 Å². The van der Waals surface area contributed by atoms with Gasteiger partial charge in [0.2, 0.25) is 0 Å². The number of rotatable bonds is 5. The Morgan fingerprint density at radius 1 is 1.07 bits per heavy atom. The predicted molar refractivity (Wildman–Crippen MR) is 110 cm³/mol. The van der Waals surface area contributed by atoms with Crippen molar-refractivity contribution in [2.45, 2.75) is 4.90 Å². The topological polar surface area (TPSA) is 79.0 Å². The van der Waals surface area contributed by atoms with E-state index >= 15 is 0 Å². The van der Waals surface area contributed by atoms with Gasteiger partial charge in [0.05, 0.1) is 18.4 Å². The van der Waals surface area contributed by atoms with Crippen LogP contribution in [0.15, 0.2) is 47.4 Å². The number of nitrogens with one attached hydrogen (secondary N) is 1. The summed E-state index contributed by atoms with van der Waals surface area (Å²) in [5.41, 5.74) is 1.12. The molecule has 0 saturated carbocycles. The molecule has 150 valence electrons. The summed E-state index contributed by atoms with van der Waals surface area (Å²) in [6, 6.07) is 11.0. The minimum absolute atomic E-state index is 0.0369. The van der Waals surface area contributed by atoms with Crippen molar-refractivity contribution in [3.63, 3.8) is 0 Å². The van der Waals surface area contributed by atoms with Crippen LogP contribution < -0.4 is 9.62 Å². The highest BCUT2D eigenvalue weighted by atomic mass is 35.5. The maximum Gasteiger partial charge on any atom is 0.337 e. The fourth-order valence-electron chi connectivity index (χ4n) is 3.01. The van der Waals surface area contributed by atoms with Gasteiger partial charge < -0.3 is 14.5 Å². The highest BCUT2D eigenvalue weighted by Gasteiger charge is 2.26. The highest BCUT2D eigenvalue weighted by molar-refractivity contribution is 7.92. The van der Waals surface area contributed by atoms with E-state index in [1.165, 1.54) is 13.2 Å². The summed E-state index contributed by atoms with van der Waals surface area (Å²) in [5, 5.41) is 0.508. The van der Waals surface area contributed by atoms with Gasteiger partial charge in [-0.15, -0.1) is 0 Å². The van der Waals surface area contributed by atoms with Crippen LogP contribution >= 0.6 is 11.6 Å². The number of likely N-dealkylation sites (N-methyl/N-ethyl adjacent to an activating group) is 1. The third kappa shape index (κ3) is 4.57. The van der Waals surface area contributed by atoms with Gasteiger partial charge in [0.25, 0.3) is 10.0 Å². The number of carbonyl (C=O) groups excluding carboxylic acids is 1. The molecule has 7 nitrogen and oxygen atoms in total. The van der Waals surface area contributed by atoms with Gasteiger partial charge in [-0.05, 0) is 49.5 Å². The lowest BCUT2D eigenvalue weighted by Crippen LogP contribution is -2.45. The molecular weight excluding hydrogens is 402 g/mol. The number of piperazine rings is 1. The van der Waals surface area contributed by atoms with Crippen molar-refractivity contribution in [2.75, 3.05) is 50.0 Å². The zero-order valence-corrected chi connectivity index (χ0v) is 17.3. The molecule has 0 spiro atoms. The quantitative estimate of drug-likeness (QED) is 0.745. The zero-order valence-electron chi connectivity index (χ0n) is 15.7. The molecule has 1 fully saturated rings. The minimum atomic E-state index is -3.94. The number of methoxy groups -OCH3 is 1. The third-order valence-corrected chi connectivity index (χ3v) is 6.27. The average Bonchev–Trinajstić information content (AvgIpc) is 2.69. The number of carbonyl (C=O) groups is 1. The first-order valence-corrected chi connectivity index (χ1v) is 10.6. The molecule has 0 aliphatic carbocycles. The van der Waals surface area contributed by atoms with Crippen molar-refractivity contribution < 1.29 is 17.9 Å².